The molecule has 0 bridgehead atoms. The van der Waals surface area contributed by atoms with E-state index in [0.29, 0.717) is 11.3 Å². The van der Waals surface area contributed by atoms with Crippen LogP contribution in [0, 0.1) is 0 Å². The Morgan fingerprint density at radius 1 is 1.09 bits per heavy atom. The summed E-state index contributed by atoms with van der Waals surface area (Å²) in [6, 6.07) is 10.2. The third-order valence-corrected chi connectivity index (χ3v) is 3.17. The summed E-state index contributed by atoms with van der Waals surface area (Å²) in [5, 5.41) is 10.3. The van der Waals surface area contributed by atoms with Gasteiger partial charge in [-0.25, -0.2) is 0 Å². The van der Waals surface area contributed by atoms with Crippen molar-refractivity contribution in [3.8, 4) is 0 Å². The first kappa shape index (κ1) is 13.8. The Kier molecular flexibility index (Phi) is 3.82. The maximum atomic E-state index is 12.2. The minimum atomic E-state index is -0.383. The largest absolute Gasteiger partial charge is 0.322 e. The molecule has 1 aromatic heterocycles. The lowest BCUT2D eigenvalue weighted by molar-refractivity contribution is -0.114. The van der Waals surface area contributed by atoms with Crippen molar-refractivity contribution in [2.24, 2.45) is 10.2 Å². The molecule has 2 amide bonds. The van der Waals surface area contributed by atoms with Crippen LogP contribution in [0.3, 0.4) is 0 Å². The fourth-order valence-corrected chi connectivity index (χ4v) is 2.10. The molecule has 0 spiro atoms. The number of pyridine rings is 1. The summed E-state index contributed by atoms with van der Waals surface area (Å²) >= 11 is 0. The normalized spacial score (nSPS) is 16.5. The molecule has 2 aromatic rings. The number of hydrogen-bond acceptors (Lipinski definition) is 4. The van der Waals surface area contributed by atoms with Crippen LogP contribution in [0.15, 0.2) is 71.2 Å². The van der Waals surface area contributed by atoms with Crippen LogP contribution >= 0.6 is 0 Å². The Bertz CT molecular complexity index is 753. The van der Waals surface area contributed by atoms with Gasteiger partial charge in [-0.15, -0.1) is 5.11 Å². The zero-order valence-electron chi connectivity index (χ0n) is 11.5. The number of carbonyl (C=O) groups is 2. The van der Waals surface area contributed by atoms with Crippen molar-refractivity contribution in [1.82, 2.24) is 4.98 Å². The van der Waals surface area contributed by atoms with E-state index in [1.807, 2.05) is 18.2 Å². The first-order valence-electron chi connectivity index (χ1n) is 6.67. The fourth-order valence-electron chi connectivity index (χ4n) is 2.10. The molecule has 0 aliphatic carbocycles. The lowest BCUT2D eigenvalue weighted by Crippen LogP contribution is -2.14. The molecule has 2 heterocycles. The van der Waals surface area contributed by atoms with Gasteiger partial charge in [0.25, 0.3) is 11.8 Å². The maximum absolute atomic E-state index is 12.2. The zero-order valence-corrected chi connectivity index (χ0v) is 11.5. The topological polar surface area (TPSA) is 83.8 Å². The second-order valence-electron chi connectivity index (χ2n) is 4.63. The highest BCUT2D eigenvalue weighted by atomic mass is 16.2. The first-order valence-corrected chi connectivity index (χ1v) is 6.67. The van der Waals surface area contributed by atoms with E-state index in [0.717, 1.165) is 5.56 Å². The fraction of sp³-hybridized carbons (Fsp3) is 0.0625. The number of hydrogen-bond donors (Lipinski definition) is 1. The number of carbonyl (C=O) groups excluding carboxylic acids is 2. The van der Waals surface area contributed by atoms with E-state index < -0.39 is 0 Å². The Hall–Kier alpha value is -3.15. The summed E-state index contributed by atoms with van der Waals surface area (Å²) in [4.78, 5) is 27.2. The molecule has 6 heteroatoms. The third kappa shape index (κ3) is 2.95. The monoisotopic (exact) mass is 292 g/mol. The summed E-state index contributed by atoms with van der Waals surface area (Å²) in [7, 11) is 0. The minimum Gasteiger partial charge on any atom is -0.322 e. The Morgan fingerprint density at radius 3 is 2.59 bits per heavy atom. The van der Waals surface area contributed by atoms with Gasteiger partial charge in [-0.2, -0.15) is 5.11 Å². The van der Waals surface area contributed by atoms with Gasteiger partial charge < -0.3 is 5.32 Å². The van der Waals surface area contributed by atoms with E-state index in [-0.39, 0.29) is 17.9 Å². The molecule has 1 aliphatic rings. The molecular formula is C16H12N4O2. The summed E-state index contributed by atoms with van der Waals surface area (Å²) < 4.78 is 0. The smallest absolute Gasteiger partial charge is 0.287 e. The molecule has 1 atom stereocenters. The van der Waals surface area contributed by atoms with Crippen LogP contribution in [0.5, 0.6) is 0 Å². The number of para-hydroxylation sites is 1. The number of nitrogens with one attached hydrogen (secondary N) is 1. The summed E-state index contributed by atoms with van der Waals surface area (Å²) in [5.74, 6) is -0.614. The van der Waals surface area contributed by atoms with Gasteiger partial charge in [0.1, 0.15) is 6.04 Å². The zero-order chi connectivity index (χ0) is 15.4. The second kappa shape index (κ2) is 6.09. The predicted molar refractivity (Wildman–Crippen MR) is 80.4 cm³/mol. The van der Waals surface area contributed by atoms with Crippen LogP contribution in [0.2, 0.25) is 0 Å². The van der Waals surface area contributed by atoms with Crippen LogP contribution < -0.4 is 5.32 Å². The van der Waals surface area contributed by atoms with E-state index in [2.05, 4.69) is 20.5 Å². The molecule has 22 heavy (non-hydrogen) atoms. The number of benzene rings is 1. The van der Waals surface area contributed by atoms with Gasteiger partial charge in [-0.3, -0.25) is 14.6 Å². The number of anilines is 1. The van der Waals surface area contributed by atoms with E-state index in [9.17, 15) is 9.59 Å². The van der Waals surface area contributed by atoms with Gasteiger partial charge in [0.2, 0.25) is 0 Å². The lowest BCUT2D eigenvalue weighted by Gasteiger charge is -2.15. The van der Waals surface area contributed by atoms with Crippen molar-refractivity contribution in [1.29, 1.82) is 0 Å². The van der Waals surface area contributed by atoms with Gasteiger partial charge in [-0.1, -0.05) is 18.2 Å². The van der Waals surface area contributed by atoms with E-state index in [1.165, 1.54) is 6.08 Å². The highest BCUT2D eigenvalue weighted by Gasteiger charge is 2.17. The van der Waals surface area contributed by atoms with Crippen LogP contribution in [-0.4, -0.2) is 16.8 Å². The Labute approximate surface area is 126 Å². The van der Waals surface area contributed by atoms with Crippen molar-refractivity contribution in [2.45, 2.75) is 6.04 Å². The quantitative estimate of drug-likeness (QED) is 0.944. The van der Waals surface area contributed by atoms with Crippen LogP contribution in [0.4, 0.5) is 5.69 Å². The SMILES string of the molecule is O=C1C=CC(c2ccccc2NC(=O)c2ccncc2)N=N1. The van der Waals surface area contributed by atoms with Gasteiger partial charge >= 0.3 is 0 Å². The third-order valence-electron chi connectivity index (χ3n) is 3.17. The number of amides is 2. The highest BCUT2D eigenvalue weighted by Crippen LogP contribution is 2.29. The molecule has 1 aliphatic heterocycles. The van der Waals surface area contributed by atoms with Gasteiger partial charge in [0.05, 0.1) is 0 Å². The van der Waals surface area contributed by atoms with Crippen LogP contribution in [0.1, 0.15) is 22.0 Å². The lowest BCUT2D eigenvalue weighted by atomic mass is 10.0. The molecule has 0 saturated heterocycles. The van der Waals surface area contributed by atoms with Crippen LogP contribution in [-0.2, 0) is 4.79 Å². The van der Waals surface area contributed by atoms with Crippen molar-refractivity contribution in [2.75, 3.05) is 5.32 Å². The summed E-state index contributed by atoms with van der Waals surface area (Å²) in [6.07, 6.45) is 6.15. The van der Waals surface area contributed by atoms with Gasteiger partial charge in [0, 0.05) is 35.3 Å². The number of aromatic nitrogens is 1. The van der Waals surface area contributed by atoms with Crippen molar-refractivity contribution >= 4 is 17.5 Å². The molecule has 1 aromatic carbocycles. The second-order valence-corrected chi connectivity index (χ2v) is 4.63. The molecule has 1 N–H and O–H groups in total. The molecule has 1 unspecified atom stereocenters. The average Bonchev–Trinajstić information content (AvgIpc) is 2.57. The van der Waals surface area contributed by atoms with Crippen molar-refractivity contribution in [3.63, 3.8) is 0 Å². The summed E-state index contributed by atoms with van der Waals surface area (Å²) in [5.41, 5.74) is 1.92. The number of nitrogens with zero attached hydrogens (tertiary/aromatic N) is 3. The molecular weight excluding hydrogens is 280 g/mol. The van der Waals surface area contributed by atoms with Gasteiger partial charge in [0.15, 0.2) is 0 Å². The average molecular weight is 292 g/mol. The number of rotatable bonds is 3. The van der Waals surface area contributed by atoms with Gasteiger partial charge in [-0.05, 0) is 24.3 Å². The van der Waals surface area contributed by atoms with Crippen molar-refractivity contribution < 1.29 is 9.59 Å². The van der Waals surface area contributed by atoms with E-state index in [1.54, 1.807) is 36.7 Å². The molecule has 0 radical (unpaired) electrons. The molecule has 108 valence electrons. The minimum absolute atomic E-state index is 0.234. The Balaban J connectivity index is 1.86. The standard InChI is InChI=1S/C16H12N4O2/c21-15-6-5-14(19-20-15)12-3-1-2-4-13(12)18-16(22)11-7-9-17-10-8-11/h1-10,14H,(H,18,22). The highest BCUT2D eigenvalue weighted by molar-refractivity contribution is 6.04. The summed E-state index contributed by atoms with van der Waals surface area (Å²) in [6.45, 7) is 0. The number of azo groups is 1. The molecule has 0 saturated carbocycles. The Morgan fingerprint density at radius 2 is 1.86 bits per heavy atom. The first-order chi connectivity index (χ1) is 10.7. The predicted octanol–water partition coefficient (Wildman–Crippen LogP) is 2.92. The van der Waals surface area contributed by atoms with E-state index >= 15 is 0 Å². The molecule has 6 nitrogen and oxygen atoms in total. The molecule has 0 fully saturated rings. The molecule has 3 rings (SSSR count). The van der Waals surface area contributed by atoms with Crippen molar-refractivity contribution in [3.05, 3.63) is 72.1 Å². The maximum Gasteiger partial charge on any atom is 0.287 e. The van der Waals surface area contributed by atoms with Crippen LogP contribution in [0.25, 0.3) is 0 Å². The van der Waals surface area contributed by atoms with E-state index in [4.69, 9.17) is 0 Å².